The number of ketones is 2. The number of aryl methyl sites for hydroxylation is 1. The highest BCUT2D eigenvalue weighted by Crippen LogP contribution is 2.51. The van der Waals surface area contributed by atoms with E-state index in [2.05, 4.69) is 273 Å². The molecule has 3 unspecified atom stereocenters. The molecule has 0 bridgehead atoms. The second-order valence-corrected chi connectivity index (χ2v) is 71.2. The number of carboxylic acids is 1. The van der Waals surface area contributed by atoms with Crippen LogP contribution < -0.4 is 9.47 Å². The van der Waals surface area contributed by atoms with Gasteiger partial charge in [0.1, 0.15) is 42.9 Å². The summed E-state index contributed by atoms with van der Waals surface area (Å²) < 4.78 is 94.0. The number of fused-ring (bicyclic) bond motifs is 2. The third-order valence-corrected chi connectivity index (χ3v) is 53.7. The lowest BCUT2D eigenvalue weighted by molar-refractivity contribution is -0.145. The van der Waals surface area contributed by atoms with Crippen molar-refractivity contribution >= 4 is 86.6 Å². The van der Waals surface area contributed by atoms with Gasteiger partial charge in [0.05, 0.1) is 36.6 Å². The number of unbranched alkanes of at least 4 members (excludes halogenated alkanes) is 2. The van der Waals surface area contributed by atoms with E-state index in [0.717, 1.165) is 123 Å². The minimum Gasteiger partial charge on any atom is -0.491 e. The first kappa shape index (κ1) is 125. The van der Waals surface area contributed by atoms with Crippen LogP contribution in [0.1, 0.15) is 273 Å². The zero-order valence-electron chi connectivity index (χ0n) is 91.8. The molecule has 0 saturated heterocycles. The molecule has 12 atom stereocenters. The standard InChI is InChI=1S/C62H93NO7Si3.C36H59F3O5Si2.C21H21NO2.2CH4/c1-18-53(56(64)40-47-30-33-50-42-63-37-36-49(50)39-47)48-31-28-46(29-32-48)43-67-59(65)27-22-20-19-21-26-54-55(58(70-73(16,17)62(9,10)11)41-57(54)69-72(14,15)61(6,7)8)35-34-52(68-71(12,13)60(3,4)5)44-66-51-25-23-24-45(2)38-51;1-26-23-32(44-46(10,11)35(5,6)7)31(19-14-12-13-15-20-33(40)41)30(26)22-21-29(43-45(8,9)34(2,3)4)25-42-28-18-16-17-27(24-28)36(37,38)39;1-2-20(17-6-3-15(14-23)4-7-17)21(24)12-16-5-8-19-13-22-10-9-18(19)11-16;;/h19,21,23-25,28-39,42,52-55,57-58H,18,20,22,26-27,40-41,43-44H2,1-17H3;12,14,16-18,21-22,24,26,29-32H,13,15,19-20,23,25H2,1-11H3,(H,40,41);3-11,13,20,23H,2,12,14H2,1H3;2*1H4/b21-19-,35-34+;14-12-,22-21+;;;/t52-,53?,54?,55-,57+,58-;26-,29-,30+,31-,32+;;;/m11.../s1. The average Bonchev–Trinajstić information content (AvgIpc) is 1.62. The predicted molar refractivity (Wildman–Crippen MR) is 606 cm³/mol. The maximum Gasteiger partial charge on any atom is 0.416 e. The summed E-state index contributed by atoms with van der Waals surface area (Å²) in [4.78, 5) is 58.5. The van der Waals surface area contributed by atoms with Crippen molar-refractivity contribution in [2.75, 3.05) is 13.2 Å². The van der Waals surface area contributed by atoms with E-state index in [1.807, 2.05) is 116 Å². The number of aromatic nitrogens is 2. The molecular weight excluding hydrogens is 1900 g/mol. The molecule has 0 radical (unpaired) electrons. The number of esters is 1. The fraction of sp³-hybridized carbons (Fsp3) is 0.554. The number of rotatable bonds is 45. The number of nitrogens with zero attached hydrogens (tertiary/aromatic N) is 2. The zero-order valence-corrected chi connectivity index (χ0v) is 96.8. The molecule has 8 aromatic rings. The number of allylic oxidation sites excluding steroid dienone is 5. The van der Waals surface area contributed by atoms with Gasteiger partial charge < -0.3 is 46.6 Å². The van der Waals surface area contributed by atoms with Gasteiger partial charge in [-0.15, -0.1) is 0 Å². The van der Waals surface area contributed by atoms with E-state index in [9.17, 15) is 32.3 Å². The minimum atomic E-state index is -4.45. The zero-order chi connectivity index (χ0) is 106. The van der Waals surface area contributed by atoms with Crippen molar-refractivity contribution in [1.82, 2.24) is 9.97 Å². The topological polar surface area (TPSA) is 208 Å². The van der Waals surface area contributed by atoms with Gasteiger partial charge >= 0.3 is 18.1 Å². The lowest BCUT2D eigenvalue weighted by atomic mass is 9.87. The van der Waals surface area contributed by atoms with Gasteiger partial charge in [0.15, 0.2) is 41.6 Å². The van der Waals surface area contributed by atoms with Crippen LogP contribution in [0, 0.1) is 36.5 Å². The number of aliphatic carboxylic acids is 1. The van der Waals surface area contributed by atoms with E-state index in [4.69, 9.17) is 46.6 Å². The first-order valence-electron chi connectivity index (χ1n) is 52.1. The molecule has 16 nitrogen and oxygen atoms in total. The smallest absolute Gasteiger partial charge is 0.416 e. The minimum absolute atomic E-state index is 0. The van der Waals surface area contributed by atoms with Gasteiger partial charge in [0.2, 0.25) is 0 Å². The molecule has 2 N–H and O–H groups in total. The van der Waals surface area contributed by atoms with Crippen LogP contribution in [0.15, 0.2) is 219 Å². The molecule has 2 fully saturated rings. The third-order valence-electron chi connectivity index (χ3n) is 31.2. The number of carbonyl (C=O) groups is 4. The van der Waals surface area contributed by atoms with E-state index < -0.39 is 65.4 Å². The fourth-order valence-electron chi connectivity index (χ4n) is 17.3. The average molecular weight is 2090 g/mol. The quantitative estimate of drug-likeness (QED) is 0.0157. The number of halogens is 3. The van der Waals surface area contributed by atoms with Gasteiger partial charge in [-0.3, -0.25) is 29.1 Å². The Morgan fingerprint density at radius 1 is 0.462 bits per heavy atom. The largest absolute Gasteiger partial charge is 0.491 e. The van der Waals surface area contributed by atoms with Crippen molar-refractivity contribution in [3.05, 3.63) is 263 Å². The van der Waals surface area contributed by atoms with Crippen molar-refractivity contribution < 1.29 is 78.9 Å². The molecule has 145 heavy (non-hydrogen) atoms. The summed E-state index contributed by atoms with van der Waals surface area (Å²) in [6.07, 6.45) is 29.1. The molecule has 0 amide bonds. The predicted octanol–water partition coefficient (Wildman–Crippen LogP) is 32.7. The van der Waals surface area contributed by atoms with Gasteiger partial charge in [-0.2, -0.15) is 13.2 Å². The first-order chi connectivity index (χ1) is 66.6. The summed E-state index contributed by atoms with van der Waals surface area (Å²) >= 11 is 0. The van der Waals surface area contributed by atoms with Crippen LogP contribution in [-0.2, 0) is 78.3 Å². The Hall–Kier alpha value is -8.39. The molecule has 2 aromatic heterocycles. The lowest BCUT2D eigenvalue weighted by Crippen LogP contribution is -2.45. The molecule has 2 aliphatic carbocycles. The van der Waals surface area contributed by atoms with E-state index in [-0.39, 0.29) is 149 Å². The number of hydrogen-bond donors (Lipinski definition) is 2. The van der Waals surface area contributed by atoms with Crippen LogP contribution in [0.4, 0.5) is 13.2 Å². The van der Waals surface area contributed by atoms with Crippen LogP contribution in [0.5, 0.6) is 11.5 Å². The molecule has 0 spiro atoms. The fourth-order valence-corrected chi connectivity index (χ4v) is 23.9. The summed E-state index contributed by atoms with van der Waals surface area (Å²) in [5.41, 5.74) is 6.23. The highest BCUT2D eigenvalue weighted by Gasteiger charge is 2.52. The molecule has 6 aromatic carbocycles. The third kappa shape index (κ3) is 37.9. The maximum absolute atomic E-state index is 13.5. The number of hydrogen-bond acceptors (Lipinski definition) is 15. The Morgan fingerprint density at radius 2 is 0.862 bits per heavy atom. The maximum atomic E-state index is 13.5. The summed E-state index contributed by atoms with van der Waals surface area (Å²) in [5, 5.41) is 22.6. The molecule has 2 saturated carbocycles. The summed E-state index contributed by atoms with van der Waals surface area (Å²) in [7, 11) is -10.8. The number of ether oxygens (including phenoxy) is 3. The Bertz CT molecular complexity index is 5500. The number of carboxylic acid groups (broad SMARTS) is 1. The highest BCUT2D eigenvalue weighted by molar-refractivity contribution is 6.76. The molecule has 800 valence electrons. The molecule has 2 heterocycles. The number of alkyl halides is 3. The Kier molecular flexibility index (Phi) is 47.4. The molecule has 24 heteroatoms. The number of aliphatic hydroxyl groups is 1. The van der Waals surface area contributed by atoms with Crippen LogP contribution in [0.25, 0.3) is 21.5 Å². The van der Waals surface area contributed by atoms with Crippen LogP contribution in [0.2, 0.25) is 90.7 Å². The number of pyridine rings is 2. The van der Waals surface area contributed by atoms with Crippen LogP contribution >= 0.6 is 0 Å². The van der Waals surface area contributed by atoms with Crippen molar-refractivity contribution in [1.29, 1.82) is 0 Å². The second kappa shape index (κ2) is 54.9. The summed E-state index contributed by atoms with van der Waals surface area (Å²) in [6, 6.07) is 45.0. The highest BCUT2D eigenvalue weighted by atomic mass is 28.4. The van der Waals surface area contributed by atoms with E-state index >= 15 is 0 Å². The van der Waals surface area contributed by atoms with Crippen LogP contribution in [0.3, 0.4) is 0 Å². The molecule has 2 aliphatic rings. The van der Waals surface area contributed by atoms with E-state index in [0.29, 0.717) is 51.0 Å². The number of carbonyl (C=O) groups excluding carboxylic acids is 3. The van der Waals surface area contributed by atoms with E-state index in [1.54, 1.807) is 18.5 Å². The second-order valence-electron chi connectivity index (χ2n) is 47.5. The van der Waals surface area contributed by atoms with Gasteiger partial charge in [-0.05, 0) is 278 Å². The normalized spacial score (nSPS) is 18.8. The molecule has 0 aliphatic heterocycles. The van der Waals surface area contributed by atoms with Crippen molar-refractivity contribution in [3.8, 4) is 11.5 Å². The lowest BCUT2D eigenvalue weighted by Gasteiger charge is -2.40. The number of Topliss-reactive ketones (excluding diaryl/α,β-unsaturated/α-hetero) is 2. The van der Waals surface area contributed by atoms with Crippen molar-refractivity contribution in [2.24, 2.45) is 29.6 Å². The van der Waals surface area contributed by atoms with Crippen molar-refractivity contribution in [2.45, 2.75) is 389 Å². The first-order valence-corrected chi connectivity index (χ1v) is 66.6. The van der Waals surface area contributed by atoms with Gasteiger partial charge in [0, 0.05) is 85.1 Å². The Labute approximate surface area is 876 Å². The Morgan fingerprint density at radius 3 is 1.28 bits per heavy atom. The number of benzene rings is 6. The molecule has 10 rings (SSSR count). The van der Waals surface area contributed by atoms with Gasteiger partial charge in [-0.1, -0.05) is 291 Å². The summed E-state index contributed by atoms with van der Waals surface area (Å²) in [6.45, 7) is 66.2. The van der Waals surface area contributed by atoms with Crippen molar-refractivity contribution in [3.63, 3.8) is 0 Å². The SMILES string of the molecule is C.C.CCC(C(=O)Cc1ccc2cnccc2c1)c1ccc(CO)cc1.CCC(C(=O)Cc1ccc2cnccc2c1)c1ccc(COC(=O)CCC/C=C\CC2[C@@H](O[Si](C)(C)C(C)(C)C)C[C@@H](O[Si](C)(C)C(C)(C)C)[C@@H]2/C=C/[C@H](COc2cccc(C)c2)O[Si](C)(C)C(C)(C)C)cc1.C[C@@H]1C[C@H](O[Si](C)(C)C(C)(C)C)[C@H](C/C=C\CCCC(=O)O)[C@H]1/C=C/[C@H](COc1cccc(C(F)(F)F)c1)O[Si](C)(C)C(C)(C)C. The van der Waals surface area contributed by atoms with Gasteiger partial charge in [-0.25, -0.2) is 0 Å². The van der Waals surface area contributed by atoms with E-state index in [1.165, 1.54) is 6.07 Å². The number of aliphatic hydroxyl groups excluding tert-OH is 1. The monoisotopic (exact) mass is 2080 g/mol. The van der Waals surface area contributed by atoms with Gasteiger partial charge in [0.25, 0.3) is 0 Å². The Balaban J connectivity index is 0.000000377. The molecular formula is C121H181F3N2O14Si5. The van der Waals surface area contributed by atoms with Crippen LogP contribution in [-0.4, -0.2) is 129 Å². The summed E-state index contributed by atoms with van der Waals surface area (Å²) in [5.74, 6) is 1.22.